The highest BCUT2D eigenvalue weighted by atomic mass is 79.9. The molecular weight excluding hydrogens is 376 g/mol. The summed E-state index contributed by atoms with van der Waals surface area (Å²) in [5.41, 5.74) is -3.32. The first kappa shape index (κ1) is 17.5. The number of methoxy groups -OCH3 is 1. The molecule has 0 bridgehead atoms. The van der Waals surface area contributed by atoms with Crippen molar-refractivity contribution in [2.75, 3.05) is 7.11 Å². The summed E-state index contributed by atoms with van der Waals surface area (Å²) >= 11 is 2.70. The molecule has 1 rings (SSSR count). The summed E-state index contributed by atoms with van der Waals surface area (Å²) in [7, 11) is 0.797. The van der Waals surface area contributed by atoms with Gasteiger partial charge in [0.1, 0.15) is 0 Å². The summed E-state index contributed by atoms with van der Waals surface area (Å²) < 4.78 is 82.7. The lowest BCUT2D eigenvalue weighted by Crippen LogP contribution is -2.22. The van der Waals surface area contributed by atoms with E-state index in [9.17, 15) is 31.1 Å². The third-order valence-electron chi connectivity index (χ3n) is 2.18. The smallest absolute Gasteiger partial charge is 0.465 e. The maximum atomic E-state index is 12.8. The van der Waals surface area contributed by atoms with Crippen molar-refractivity contribution in [2.45, 2.75) is 17.9 Å². The van der Waals surface area contributed by atoms with Crippen molar-refractivity contribution in [3.8, 4) is 5.88 Å². The monoisotopic (exact) mass is 381 g/mol. The van der Waals surface area contributed by atoms with E-state index >= 15 is 0 Å². The molecule has 0 aliphatic heterocycles. The van der Waals surface area contributed by atoms with Crippen LogP contribution in [0.5, 0.6) is 5.88 Å². The number of carbonyl (C=O) groups excluding carboxylic acids is 1. The Morgan fingerprint density at radius 1 is 1.29 bits per heavy atom. The molecular formula is C10H6BrF6NO3. The number of nitrogens with zero attached hydrogens (tertiary/aromatic N) is 1. The van der Waals surface area contributed by atoms with Crippen LogP contribution in [0.15, 0.2) is 6.20 Å². The number of ether oxygens (including phenoxy) is 2. The van der Waals surface area contributed by atoms with Crippen molar-refractivity contribution in [1.82, 2.24) is 4.98 Å². The minimum atomic E-state index is -5.17. The van der Waals surface area contributed by atoms with Crippen molar-refractivity contribution < 1.29 is 40.6 Å². The van der Waals surface area contributed by atoms with Crippen molar-refractivity contribution in [1.29, 1.82) is 0 Å². The van der Waals surface area contributed by atoms with Crippen molar-refractivity contribution in [2.24, 2.45) is 0 Å². The molecule has 0 radical (unpaired) electrons. The lowest BCUT2D eigenvalue weighted by Gasteiger charge is -2.17. The van der Waals surface area contributed by atoms with Crippen LogP contribution >= 0.6 is 15.9 Å². The molecule has 0 aliphatic rings. The highest BCUT2D eigenvalue weighted by molar-refractivity contribution is 9.08. The molecule has 1 aromatic rings. The Bertz CT molecular complexity index is 543. The maximum absolute atomic E-state index is 12.8. The van der Waals surface area contributed by atoms with Gasteiger partial charge in [-0.1, -0.05) is 15.9 Å². The molecule has 0 saturated heterocycles. The van der Waals surface area contributed by atoms with Gasteiger partial charge in [0.05, 0.1) is 18.2 Å². The fourth-order valence-electron chi connectivity index (χ4n) is 1.41. The van der Waals surface area contributed by atoms with Crippen molar-refractivity contribution in [3.63, 3.8) is 0 Å². The molecule has 21 heavy (non-hydrogen) atoms. The zero-order valence-corrected chi connectivity index (χ0v) is 11.7. The Morgan fingerprint density at radius 2 is 1.86 bits per heavy atom. The fourth-order valence-corrected chi connectivity index (χ4v) is 1.93. The largest absolute Gasteiger partial charge is 0.574 e. The van der Waals surface area contributed by atoms with Gasteiger partial charge < -0.3 is 9.47 Å². The van der Waals surface area contributed by atoms with E-state index in [-0.39, 0.29) is 6.20 Å². The van der Waals surface area contributed by atoms with Crippen molar-refractivity contribution in [3.05, 3.63) is 22.9 Å². The van der Waals surface area contributed by atoms with E-state index in [1.807, 2.05) is 0 Å². The standard InChI is InChI=1S/C10H6BrF6NO3/c1-20-8(19)6-4(2-11)7(21-10(15,16)17)18-3-5(6)9(12,13)14/h3H,2H2,1H3. The van der Waals surface area contributed by atoms with Gasteiger partial charge in [-0.3, -0.25) is 0 Å². The quantitative estimate of drug-likeness (QED) is 0.455. The van der Waals surface area contributed by atoms with Crippen LogP contribution in [0.1, 0.15) is 21.5 Å². The van der Waals surface area contributed by atoms with Crippen LogP contribution in [-0.4, -0.2) is 24.4 Å². The minimum Gasteiger partial charge on any atom is -0.465 e. The second-order valence-electron chi connectivity index (χ2n) is 3.50. The summed E-state index contributed by atoms with van der Waals surface area (Å²) in [5, 5.41) is -0.528. The molecule has 1 aromatic heterocycles. The predicted molar refractivity (Wildman–Crippen MR) is 59.9 cm³/mol. The second kappa shape index (κ2) is 6.08. The molecule has 0 atom stereocenters. The number of carbonyl (C=O) groups is 1. The zero-order chi connectivity index (χ0) is 16.4. The molecule has 0 aliphatic carbocycles. The van der Waals surface area contributed by atoms with Gasteiger partial charge in [-0.2, -0.15) is 13.2 Å². The maximum Gasteiger partial charge on any atom is 0.574 e. The number of rotatable bonds is 3. The zero-order valence-electron chi connectivity index (χ0n) is 10.1. The normalized spacial score (nSPS) is 12.2. The average Bonchev–Trinajstić information content (AvgIpc) is 2.33. The predicted octanol–water partition coefficient (Wildman–Crippen LogP) is 3.68. The molecule has 0 unspecified atom stereocenters. The number of hydrogen-bond donors (Lipinski definition) is 0. The topological polar surface area (TPSA) is 48.4 Å². The highest BCUT2D eigenvalue weighted by Crippen LogP contribution is 2.37. The number of aromatic nitrogens is 1. The number of esters is 1. The lowest BCUT2D eigenvalue weighted by molar-refractivity contribution is -0.276. The van der Waals surface area contributed by atoms with E-state index in [2.05, 4.69) is 30.4 Å². The van der Waals surface area contributed by atoms with Gasteiger partial charge in [-0.05, 0) is 0 Å². The molecule has 0 saturated carbocycles. The fraction of sp³-hybridized carbons (Fsp3) is 0.400. The second-order valence-corrected chi connectivity index (χ2v) is 4.06. The highest BCUT2D eigenvalue weighted by Gasteiger charge is 2.40. The Labute approximate surface area is 122 Å². The van der Waals surface area contributed by atoms with Crippen LogP contribution in [0.25, 0.3) is 0 Å². The summed E-state index contributed by atoms with van der Waals surface area (Å²) in [4.78, 5) is 14.4. The minimum absolute atomic E-state index is 0.0828. The molecule has 0 fully saturated rings. The van der Waals surface area contributed by atoms with E-state index < -0.39 is 46.4 Å². The molecule has 0 amide bonds. The molecule has 4 nitrogen and oxygen atoms in total. The van der Waals surface area contributed by atoms with Crippen LogP contribution in [0, 0.1) is 0 Å². The number of halogens is 7. The molecule has 0 spiro atoms. The number of pyridine rings is 1. The number of alkyl halides is 7. The average molecular weight is 382 g/mol. The summed E-state index contributed by atoms with van der Waals surface area (Å²) in [6, 6.07) is 0. The van der Waals surface area contributed by atoms with Gasteiger partial charge in [0.2, 0.25) is 5.88 Å². The Hall–Kier alpha value is -1.52. The third-order valence-corrected chi connectivity index (χ3v) is 2.74. The molecule has 118 valence electrons. The van der Waals surface area contributed by atoms with E-state index in [0.29, 0.717) is 0 Å². The molecule has 0 aromatic carbocycles. The van der Waals surface area contributed by atoms with E-state index in [1.165, 1.54) is 0 Å². The van der Waals surface area contributed by atoms with Gasteiger partial charge in [-0.15, -0.1) is 13.2 Å². The van der Waals surface area contributed by atoms with E-state index in [0.717, 1.165) is 7.11 Å². The SMILES string of the molecule is COC(=O)c1c(C(F)(F)F)cnc(OC(F)(F)F)c1CBr. The first-order chi connectivity index (χ1) is 9.51. The van der Waals surface area contributed by atoms with Gasteiger partial charge in [-0.25, -0.2) is 9.78 Å². The van der Waals surface area contributed by atoms with Crippen LogP contribution in [0.4, 0.5) is 26.3 Å². The van der Waals surface area contributed by atoms with Crippen LogP contribution in [0.2, 0.25) is 0 Å². The van der Waals surface area contributed by atoms with Crippen LogP contribution in [0.3, 0.4) is 0 Å². The summed E-state index contributed by atoms with van der Waals surface area (Å²) in [6.45, 7) is 0. The van der Waals surface area contributed by atoms with Gasteiger partial charge in [0.25, 0.3) is 0 Å². The van der Waals surface area contributed by atoms with Gasteiger partial charge >= 0.3 is 18.5 Å². The van der Waals surface area contributed by atoms with Crippen molar-refractivity contribution >= 4 is 21.9 Å². The molecule has 1 heterocycles. The van der Waals surface area contributed by atoms with Gasteiger partial charge in [0.15, 0.2) is 0 Å². The molecule has 0 N–H and O–H groups in total. The Balaban J connectivity index is 3.58. The molecule has 11 heteroatoms. The Kier molecular flexibility index (Phi) is 5.07. The Morgan fingerprint density at radius 3 is 2.24 bits per heavy atom. The summed E-state index contributed by atoms with van der Waals surface area (Å²) in [5.74, 6) is -2.61. The number of hydrogen-bond acceptors (Lipinski definition) is 4. The summed E-state index contributed by atoms with van der Waals surface area (Å²) in [6.07, 6.45) is -10.1. The first-order valence-electron chi connectivity index (χ1n) is 5.00. The van der Waals surface area contributed by atoms with E-state index in [4.69, 9.17) is 0 Å². The van der Waals surface area contributed by atoms with Crippen LogP contribution in [-0.2, 0) is 16.2 Å². The lowest BCUT2D eigenvalue weighted by atomic mass is 10.0. The first-order valence-corrected chi connectivity index (χ1v) is 6.12. The van der Waals surface area contributed by atoms with E-state index in [1.54, 1.807) is 0 Å². The third kappa shape index (κ3) is 4.22. The van der Waals surface area contributed by atoms with Crippen LogP contribution < -0.4 is 4.74 Å². The van der Waals surface area contributed by atoms with Gasteiger partial charge in [0, 0.05) is 17.1 Å².